The van der Waals surface area contributed by atoms with E-state index in [0.717, 1.165) is 22.0 Å². The maximum Gasteiger partial charge on any atom is 0.272 e. The van der Waals surface area contributed by atoms with Crippen molar-refractivity contribution in [2.24, 2.45) is 0 Å². The molecule has 152 valence electrons. The third kappa shape index (κ3) is 4.62. The van der Waals surface area contributed by atoms with Crippen LogP contribution < -0.4 is 5.32 Å². The van der Waals surface area contributed by atoms with Crippen molar-refractivity contribution in [3.63, 3.8) is 0 Å². The Morgan fingerprint density at radius 2 is 1.63 bits per heavy atom. The molecule has 0 unspecified atom stereocenters. The van der Waals surface area contributed by atoms with Crippen LogP contribution in [0.4, 0.5) is 0 Å². The lowest BCUT2D eigenvalue weighted by molar-refractivity contribution is 0.0950. The van der Waals surface area contributed by atoms with E-state index in [1.165, 1.54) is 0 Å². The fourth-order valence-electron chi connectivity index (χ4n) is 3.28. The molecule has 0 aliphatic carbocycles. The van der Waals surface area contributed by atoms with Gasteiger partial charge in [0.2, 0.25) is 0 Å². The molecule has 4 rings (SSSR count). The molecule has 4 aromatic rings. The molecule has 0 aliphatic rings. The summed E-state index contributed by atoms with van der Waals surface area (Å²) in [6.45, 7) is 1.02. The first-order valence-corrected chi connectivity index (χ1v) is 10.6. The molecule has 0 radical (unpaired) electrons. The van der Waals surface area contributed by atoms with Gasteiger partial charge in [-0.3, -0.25) is 9.48 Å². The number of halogens is 3. The lowest BCUT2D eigenvalue weighted by Gasteiger charge is -2.05. The number of para-hydroxylation sites is 1. The summed E-state index contributed by atoms with van der Waals surface area (Å²) < 4.78 is 1.84. The molecular formula is C23H18Cl3N3O. The summed E-state index contributed by atoms with van der Waals surface area (Å²) in [4.78, 5) is 12.8. The zero-order chi connectivity index (χ0) is 21.1. The van der Waals surface area contributed by atoms with Crippen molar-refractivity contribution in [2.75, 3.05) is 6.54 Å². The van der Waals surface area contributed by atoms with Crippen molar-refractivity contribution < 1.29 is 4.79 Å². The van der Waals surface area contributed by atoms with Gasteiger partial charge < -0.3 is 5.32 Å². The minimum atomic E-state index is -0.207. The average molecular weight is 459 g/mol. The molecule has 0 saturated carbocycles. The van der Waals surface area contributed by atoms with E-state index >= 15 is 0 Å². The van der Waals surface area contributed by atoms with Crippen LogP contribution in [-0.2, 0) is 13.0 Å². The number of carbonyl (C=O) groups excluding carboxylic acids is 1. The Labute approximate surface area is 189 Å². The molecule has 4 nitrogen and oxygen atoms in total. The number of hydrogen-bond donors (Lipinski definition) is 1. The molecule has 7 heteroatoms. The van der Waals surface area contributed by atoms with Crippen LogP contribution in [0.1, 0.15) is 21.6 Å². The monoisotopic (exact) mass is 457 g/mol. The third-order valence-corrected chi connectivity index (χ3v) is 5.79. The average Bonchev–Trinajstić information content (AvgIpc) is 3.11. The molecule has 0 aliphatic heterocycles. The minimum absolute atomic E-state index is 0.207. The number of nitrogens with one attached hydrogen (secondary N) is 1. The topological polar surface area (TPSA) is 46.9 Å². The van der Waals surface area contributed by atoms with Gasteiger partial charge in [0, 0.05) is 17.0 Å². The molecule has 1 N–H and O–H groups in total. The summed E-state index contributed by atoms with van der Waals surface area (Å²) in [5, 5.41) is 10.1. The van der Waals surface area contributed by atoms with Crippen molar-refractivity contribution in [1.29, 1.82) is 0 Å². The summed E-state index contributed by atoms with van der Waals surface area (Å²) in [6, 6.07) is 20.8. The molecule has 1 heterocycles. The largest absolute Gasteiger partial charge is 0.350 e. The normalized spacial score (nSPS) is 11.0. The molecule has 0 fully saturated rings. The second-order valence-corrected chi connectivity index (χ2v) is 8.16. The van der Waals surface area contributed by atoms with Gasteiger partial charge in [-0.05, 0) is 47.9 Å². The highest BCUT2D eigenvalue weighted by Crippen LogP contribution is 2.23. The first-order chi connectivity index (χ1) is 14.5. The van der Waals surface area contributed by atoms with Crippen molar-refractivity contribution in [1.82, 2.24) is 15.1 Å². The van der Waals surface area contributed by atoms with E-state index in [-0.39, 0.29) is 5.91 Å². The number of fused-ring (bicyclic) bond motifs is 1. The molecule has 0 atom stereocenters. The van der Waals surface area contributed by atoms with Crippen LogP contribution >= 0.6 is 34.8 Å². The summed E-state index contributed by atoms with van der Waals surface area (Å²) in [5.41, 5.74) is 3.37. The van der Waals surface area contributed by atoms with Crippen molar-refractivity contribution in [3.05, 3.63) is 98.6 Å². The van der Waals surface area contributed by atoms with Gasteiger partial charge >= 0.3 is 0 Å². The van der Waals surface area contributed by atoms with Crippen molar-refractivity contribution >= 4 is 51.6 Å². The Hall–Kier alpha value is -2.53. The van der Waals surface area contributed by atoms with Gasteiger partial charge in [-0.1, -0.05) is 71.2 Å². The predicted molar refractivity (Wildman–Crippen MR) is 123 cm³/mol. The van der Waals surface area contributed by atoms with Gasteiger partial charge in [0.25, 0.3) is 5.91 Å². The summed E-state index contributed by atoms with van der Waals surface area (Å²) in [7, 11) is 0. The first kappa shape index (κ1) is 20.7. The maximum absolute atomic E-state index is 12.8. The van der Waals surface area contributed by atoms with Crippen molar-refractivity contribution in [2.45, 2.75) is 13.0 Å². The van der Waals surface area contributed by atoms with E-state index in [0.29, 0.717) is 40.3 Å². The van der Waals surface area contributed by atoms with E-state index < -0.39 is 0 Å². The Bertz CT molecular complexity index is 1200. The Morgan fingerprint density at radius 3 is 2.40 bits per heavy atom. The van der Waals surface area contributed by atoms with E-state index in [9.17, 15) is 4.79 Å². The molecule has 1 aromatic heterocycles. The highest BCUT2D eigenvalue weighted by atomic mass is 35.5. The second-order valence-electron chi connectivity index (χ2n) is 6.90. The molecule has 1 amide bonds. The minimum Gasteiger partial charge on any atom is -0.350 e. The SMILES string of the molecule is O=C(NCCc1ccc(Cl)c(Cl)c1)c1nn(Cc2ccc(Cl)cc2)c2ccccc12. The Balaban J connectivity index is 1.50. The van der Waals surface area contributed by atoms with Crippen LogP contribution in [0.25, 0.3) is 10.9 Å². The van der Waals surface area contributed by atoms with Crippen molar-refractivity contribution in [3.8, 4) is 0 Å². The van der Waals surface area contributed by atoms with Crippen LogP contribution in [0, 0.1) is 0 Å². The fraction of sp³-hybridized carbons (Fsp3) is 0.130. The molecule has 0 bridgehead atoms. The first-order valence-electron chi connectivity index (χ1n) is 9.43. The van der Waals surface area contributed by atoms with Crippen LogP contribution in [0.3, 0.4) is 0 Å². The number of hydrogen-bond acceptors (Lipinski definition) is 2. The fourth-order valence-corrected chi connectivity index (χ4v) is 3.72. The lowest BCUT2D eigenvalue weighted by Crippen LogP contribution is -2.26. The van der Waals surface area contributed by atoms with E-state index in [1.54, 1.807) is 6.07 Å². The van der Waals surface area contributed by atoms with E-state index in [1.807, 2.05) is 65.3 Å². The molecule has 30 heavy (non-hydrogen) atoms. The smallest absolute Gasteiger partial charge is 0.272 e. The Morgan fingerprint density at radius 1 is 0.900 bits per heavy atom. The number of carbonyl (C=O) groups is 1. The van der Waals surface area contributed by atoms with Gasteiger partial charge in [-0.15, -0.1) is 0 Å². The van der Waals surface area contributed by atoms with E-state index in [4.69, 9.17) is 34.8 Å². The summed E-state index contributed by atoms with van der Waals surface area (Å²) in [6.07, 6.45) is 0.645. The molecular weight excluding hydrogens is 441 g/mol. The highest BCUT2D eigenvalue weighted by Gasteiger charge is 2.17. The van der Waals surface area contributed by atoms with Crippen LogP contribution in [-0.4, -0.2) is 22.2 Å². The van der Waals surface area contributed by atoms with Crippen LogP contribution in [0.15, 0.2) is 66.7 Å². The van der Waals surface area contributed by atoms with Gasteiger partial charge in [0.05, 0.1) is 22.1 Å². The number of aromatic nitrogens is 2. The molecule has 0 spiro atoms. The maximum atomic E-state index is 12.8. The van der Waals surface area contributed by atoms with Crippen LogP contribution in [0.5, 0.6) is 0 Å². The van der Waals surface area contributed by atoms with Gasteiger partial charge in [-0.2, -0.15) is 5.10 Å². The second kappa shape index (κ2) is 9.09. The zero-order valence-corrected chi connectivity index (χ0v) is 18.2. The lowest BCUT2D eigenvalue weighted by atomic mass is 10.1. The Kier molecular flexibility index (Phi) is 6.28. The van der Waals surface area contributed by atoms with Gasteiger partial charge in [0.1, 0.15) is 0 Å². The van der Waals surface area contributed by atoms with Gasteiger partial charge in [-0.25, -0.2) is 0 Å². The highest BCUT2D eigenvalue weighted by molar-refractivity contribution is 6.42. The summed E-state index contributed by atoms with van der Waals surface area (Å²) >= 11 is 18.0. The summed E-state index contributed by atoms with van der Waals surface area (Å²) in [5.74, 6) is -0.207. The number of benzene rings is 3. The quantitative estimate of drug-likeness (QED) is 0.384. The standard InChI is InChI=1S/C23H18Cl3N3O/c24-17-8-5-16(6-9-17)14-29-21-4-2-1-3-18(21)22(28-29)23(30)27-12-11-15-7-10-19(25)20(26)13-15/h1-10,13H,11-12,14H2,(H,27,30). The number of amides is 1. The van der Waals surface area contributed by atoms with Gasteiger partial charge in [0.15, 0.2) is 5.69 Å². The zero-order valence-electron chi connectivity index (χ0n) is 15.9. The molecule has 0 saturated heterocycles. The third-order valence-electron chi connectivity index (χ3n) is 4.80. The number of rotatable bonds is 6. The van der Waals surface area contributed by atoms with E-state index in [2.05, 4.69) is 10.4 Å². The predicted octanol–water partition coefficient (Wildman–Crippen LogP) is 6.02. The number of nitrogens with zero attached hydrogens (tertiary/aromatic N) is 2. The van der Waals surface area contributed by atoms with Crippen LogP contribution in [0.2, 0.25) is 15.1 Å². The molecule has 3 aromatic carbocycles.